The number of ether oxygens (including phenoxy) is 1. The molecule has 1 aromatic heterocycles. The third-order valence-electron chi connectivity index (χ3n) is 6.63. The summed E-state index contributed by atoms with van der Waals surface area (Å²) in [6, 6.07) is 5.35. The summed E-state index contributed by atoms with van der Waals surface area (Å²) < 4.78 is 5.50. The van der Waals surface area contributed by atoms with Crippen LogP contribution >= 0.6 is 11.3 Å². The first kappa shape index (κ1) is 29.8. The number of benzene rings is 1. The van der Waals surface area contributed by atoms with Gasteiger partial charge in [0.1, 0.15) is 5.60 Å². The molecule has 0 saturated heterocycles. The Morgan fingerprint density at radius 1 is 0.974 bits per heavy atom. The Kier molecular flexibility index (Phi) is 10.5. The van der Waals surface area contributed by atoms with Crippen LogP contribution in [0.5, 0.6) is 5.75 Å². The van der Waals surface area contributed by atoms with Crippen LogP contribution in [0.2, 0.25) is 0 Å². The smallest absolute Gasteiger partial charge is 0.410 e. The maximum atomic E-state index is 13.5. The van der Waals surface area contributed by atoms with Gasteiger partial charge in [-0.3, -0.25) is 9.59 Å². The number of fused-ring (bicyclic) bond motifs is 1. The third-order valence-corrected chi connectivity index (χ3v) is 7.91. The van der Waals surface area contributed by atoms with E-state index in [1.165, 1.54) is 11.3 Å². The third kappa shape index (κ3) is 7.90. The standard InChI is InChI=1S/C30H41NO6S/c1-6-8-10-20-16-23(37-35)17-21(11-9-7-2)28(20)25(33)13-12-24(32)27-18-22-19-31(15-14-26(22)38-27)29(34)36-30(3,4)5/h16-18,35H,6-15,19H2,1-5H3. The van der Waals surface area contributed by atoms with Crippen molar-refractivity contribution in [1.82, 2.24) is 4.90 Å². The molecule has 8 heteroatoms. The fourth-order valence-electron chi connectivity index (χ4n) is 4.70. The number of thiophene rings is 1. The molecule has 0 bridgehead atoms. The predicted molar refractivity (Wildman–Crippen MR) is 149 cm³/mol. The van der Waals surface area contributed by atoms with E-state index in [1.54, 1.807) is 17.0 Å². The summed E-state index contributed by atoms with van der Waals surface area (Å²) in [5, 5.41) is 9.28. The van der Waals surface area contributed by atoms with E-state index in [0.717, 1.165) is 47.3 Å². The maximum absolute atomic E-state index is 13.5. The zero-order valence-corrected chi connectivity index (χ0v) is 24.2. The van der Waals surface area contributed by atoms with Gasteiger partial charge in [-0.05, 0) is 87.8 Å². The van der Waals surface area contributed by atoms with Gasteiger partial charge in [-0.25, -0.2) is 10.1 Å². The van der Waals surface area contributed by atoms with Crippen molar-refractivity contribution in [1.29, 1.82) is 0 Å². The van der Waals surface area contributed by atoms with Gasteiger partial charge in [0.2, 0.25) is 0 Å². The van der Waals surface area contributed by atoms with Gasteiger partial charge >= 0.3 is 6.09 Å². The molecule has 7 nitrogen and oxygen atoms in total. The van der Waals surface area contributed by atoms with E-state index >= 15 is 0 Å². The normalized spacial score (nSPS) is 13.3. The molecule has 0 unspecified atom stereocenters. The van der Waals surface area contributed by atoms with E-state index < -0.39 is 5.60 Å². The van der Waals surface area contributed by atoms with Crippen LogP contribution in [0.25, 0.3) is 0 Å². The van der Waals surface area contributed by atoms with Crippen LogP contribution in [0.3, 0.4) is 0 Å². The molecule has 0 aliphatic carbocycles. The van der Waals surface area contributed by atoms with Crippen molar-refractivity contribution in [3.05, 3.63) is 50.2 Å². The minimum atomic E-state index is -0.558. The van der Waals surface area contributed by atoms with Crippen molar-refractivity contribution >= 4 is 29.0 Å². The summed E-state index contributed by atoms with van der Waals surface area (Å²) >= 11 is 1.47. The number of hydrogen-bond acceptors (Lipinski definition) is 7. The van der Waals surface area contributed by atoms with Crippen molar-refractivity contribution < 1.29 is 29.3 Å². The second-order valence-corrected chi connectivity index (χ2v) is 12.1. The largest absolute Gasteiger partial charge is 0.444 e. The van der Waals surface area contributed by atoms with Crippen LogP contribution < -0.4 is 4.89 Å². The summed E-state index contributed by atoms with van der Waals surface area (Å²) in [5.41, 5.74) is 2.84. The number of ketones is 2. The quantitative estimate of drug-likeness (QED) is 0.170. The lowest BCUT2D eigenvalue weighted by atomic mass is 9.89. The number of aryl methyl sites for hydroxylation is 2. The average Bonchev–Trinajstić information content (AvgIpc) is 3.31. The number of nitrogens with zero attached hydrogens (tertiary/aromatic N) is 1. The van der Waals surface area contributed by atoms with E-state index in [2.05, 4.69) is 18.7 Å². The number of unbranched alkanes of at least 4 members (excludes halogenated alkanes) is 2. The van der Waals surface area contributed by atoms with Gasteiger partial charge in [0, 0.05) is 29.8 Å². The fraction of sp³-hybridized carbons (Fsp3) is 0.567. The molecule has 1 amide bonds. The van der Waals surface area contributed by atoms with Gasteiger partial charge in [0.15, 0.2) is 17.3 Å². The molecule has 0 spiro atoms. The summed E-state index contributed by atoms with van der Waals surface area (Å²) in [6.07, 6.45) is 5.83. The van der Waals surface area contributed by atoms with E-state index in [1.807, 2.05) is 26.8 Å². The molecule has 1 aliphatic heterocycles. The molecule has 38 heavy (non-hydrogen) atoms. The van der Waals surface area contributed by atoms with Gasteiger partial charge in [-0.1, -0.05) is 26.7 Å². The summed E-state index contributed by atoms with van der Waals surface area (Å²) in [5.74, 6) is 0.249. The van der Waals surface area contributed by atoms with Gasteiger partial charge in [0.05, 0.1) is 11.4 Å². The second kappa shape index (κ2) is 13.4. The monoisotopic (exact) mass is 543 g/mol. The predicted octanol–water partition coefficient (Wildman–Crippen LogP) is 7.42. The molecule has 3 rings (SSSR count). The molecule has 0 atom stereocenters. The highest BCUT2D eigenvalue weighted by molar-refractivity contribution is 7.14. The lowest BCUT2D eigenvalue weighted by Crippen LogP contribution is -2.39. The SMILES string of the molecule is CCCCc1cc(OO)cc(CCCC)c1C(=O)CCC(=O)c1cc2c(s1)CCN(C(=O)OC(C)(C)C)C2. The molecule has 1 N–H and O–H groups in total. The molecule has 2 aromatic rings. The van der Waals surface area contributed by atoms with E-state index in [-0.39, 0.29) is 30.5 Å². The van der Waals surface area contributed by atoms with Crippen LogP contribution in [-0.2, 0) is 30.5 Å². The highest BCUT2D eigenvalue weighted by Crippen LogP contribution is 2.31. The average molecular weight is 544 g/mol. The van der Waals surface area contributed by atoms with Crippen LogP contribution in [0.1, 0.15) is 115 Å². The Bertz CT molecular complexity index is 1120. The van der Waals surface area contributed by atoms with Crippen LogP contribution in [0.4, 0.5) is 4.79 Å². The first-order chi connectivity index (χ1) is 18.1. The number of hydrogen-bond donors (Lipinski definition) is 1. The van der Waals surface area contributed by atoms with Crippen molar-refractivity contribution in [3.8, 4) is 5.75 Å². The highest BCUT2D eigenvalue weighted by atomic mass is 32.1. The molecule has 1 aliphatic rings. The van der Waals surface area contributed by atoms with E-state index in [0.29, 0.717) is 48.5 Å². The van der Waals surface area contributed by atoms with Crippen molar-refractivity contribution in [2.45, 2.75) is 105 Å². The number of rotatable bonds is 12. The van der Waals surface area contributed by atoms with Crippen LogP contribution in [0, 0.1) is 0 Å². The Hall–Kier alpha value is -2.71. The Morgan fingerprint density at radius 3 is 2.13 bits per heavy atom. The summed E-state index contributed by atoms with van der Waals surface area (Å²) in [4.78, 5) is 47.0. The minimum absolute atomic E-state index is 0.0440. The lowest BCUT2D eigenvalue weighted by molar-refractivity contribution is -0.137. The van der Waals surface area contributed by atoms with Crippen LogP contribution in [0.15, 0.2) is 18.2 Å². The number of carbonyl (C=O) groups is 3. The summed E-state index contributed by atoms with van der Waals surface area (Å²) in [7, 11) is 0. The number of Topliss-reactive ketones (excluding diaryl/α,β-unsaturated/α-hetero) is 2. The molecule has 1 aromatic carbocycles. The topological polar surface area (TPSA) is 93.1 Å². The molecule has 0 saturated carbocycles. The minimum Gasteiger partial charge on any atom is -0.444 e. The molecule has 0 radical (unpaired) electrons. The van der Waals surface area contributed by atoms with Gasteiger partial charge in [-0.2, -0.15) is 0 Å². The number of carbonyl (C=O) groups excluding carboxylic acids is 3. The first-order valence-electron chi connectivity index (χ1n) is 13.7. The molecule has 2 heterocycles. The van der Waals surface area contributed by atoms with Gasteiger partial charge in [0.25, 0.3) is 0 Å². The Morgan fingerprint density at radius 2 is 1.58 bits per heavy atom. The van der Waals surface area contributed by atoms with Gasteiger partial charge in [-0.15, -0.1) is 11.3 Å². The second-order valence-electron chi connectivity index (χ2n) is 11.0. The zero-order chi connectivity index (χ0) is 27.9. The van der Waals surface area contributed by atoms with Crippen molar-refractivity contribution in [2.24, 2.45) is 0 Å². The van der Waals surface area contributed by atoms with Crippen LogP contribution in [-0.4, -0.2) is 40.0 Å². The zero-order valence-electron chi connectivity index (χ0n) is 23.4. The van der Waals surface area contributed by atoms with Crippen molar-refractivity contribution in [2.75, 3.05) is 6.54 Å². The molecule has 208 valence electrons. The molecule has 0 fully saturated rings. The molecular weight excluding hydrogens is 502 g/mol. The van der Waals surface area contributed by atoms with Crippen molar-refractivity contribution in [3.63, 3.8) is 0 Å². The van der Waals surface area contributed by atoms with Gasteiger partial charge < -0.3 is 14.5 Å². The Balaban J connectivity index is 1.72. The fourth-order valence-corrected chi connectivity index (χ4v) is 5.83. The van der Waals surface area contributed by atoms with E-state index in [9.17, 15) is 19.6 Å². The molecular formula is C30H41NO6S. The van der Waals surface area contributed by atoms with E-state index in [4.69, 9.17) is 4.74 Å². The summed E-state index contributed by atoms with van der Waals surface area (Å²) in [6.45, 7) is 10.7. The Labute approximate surface area is 230 Å². The number of amides is 1. The first-order valence-corrected chi connectivity index (χ1v) is 14.5. The lowest BCUT2D eigenvalue weighted by Gasteiger charge is -2.29. The maximum Gasteiger partial charge on any atom is 0.410 e. The highest BCUT2D eigenvalue weighted by Gasteiger charge is 2.28.